The van der Waals surface area contributed by atoms with Crippen molar-refractivity contribution < 1.29 is 9.66 Å². The van der Waals surface area contributed by atoms with Crippen molar-refractivity contribution in [1.82, 2.24) is 0 Å². The standard InChI is InChI=1S/C11H15N3O3/c12-9-4-1-5-10(11(9)14(15)16)13-8-3-2-6-17-7-8/h1,4-5,8,13H,2-3,6-7,12H2. The van der Waals surface area contributed by atoms with E-state index in [1.165, 1.54) is 6.07 Å². The predicted octanol–water partition coefficient (Wildman–Crippen LogP) is 1.77. The molecule has 0 aliphatic carbocycles. The summed E-state index contributed by atoms with van der Waals surface area (Å²) < 4.78 is 5.32. The van der Waals surface area contributed by atoms with Crippen LogP contribution in [-0.4, -0.2) is 24.2 Å². The van der Waals surface area contributed by atoms with Crippen molar-refractivity contribution >= 4 is 17.1 Å². The highest BCUT2D eigenvalue weighted by Gasteiger charge is 2.21. The van der Waals surface area contributed by atoms with Crippen LogP contribution in [0.5, 0.6) is 0 Å². The topological polar surface area (TPSA) is 90.4 Å². The molecule has 0 aromatic heterocycles. The fraction of sp³-hybridized carbons (Fsp3) is 0.455. The maximum absolute atomic E-state index is 10.9. The lowest BCUT2D eigenvalue weighted by Gasteiger charge is -2.24. The van der Waals surface area contributed by atoms with Gasteiger partial charge in [0.25, 0.3) is 0 Å². The molecule has 1 aromatic carbocycles. The van der Waals surface area contributed by atoms with E-state index in [9.17, 15) is 10.1 Å². The molecule has 17 heavy (non-hydrogen) atoms. The molecule has 1 unspecified atom stereocenters. The molecule has 92 valence electrons. The zero-order valence-corrected chi connectivity index (χ0v) is 9.39. The van der Waals surface area contributed by atoms with Crippen molar-refractivity contribution in [1.29, 1.82) is 0 Å². The molecule has 1 aromatic rings. The molecule has 1 aliphatic rings. The summed E-state index contributed by atoms with van der Waals surface area (Å²) in [6.07, 6.45) is 1.92. The normalized spacial score (nSPS) is 19.9. The quantitative estimate of drug-likeness (QED) is 0.475. The molecule has 1 saturated heterocycles. The van der Waals surface area contributed by atoms with Gasteiger partial charge in [0.1, 0.15) is 11.4 Å². The summed E-state index contributed by atoms with van der Waals surface area (Å²) >= 11 is 0. The van der Waals surface area contributed by atoms with Crippen LogP contribution in [0.2, 0.25) is 0 Å². The summed E-state index contributed by atoms with van der Waals surface area (Å²) in [5.41, 5.74) is 6.20. The monoisotopic (exact) mass is 237 g/mol. The molecule has 0 spiro atoms. The van der Waals surface area contributed by atoms with Crippen LogP contribution in [0.4, 0.5) is 17.1 Å². The Morgan fingerprint density at radius 1 is 1.53 bits per heavy atom. The average molecular weight is 237 g/mol. The molecule has 6 nitrogen and oxygen atoms in total. The number of nitrogens with two attached hydrogens (primary N) is 1. The third kappa shape index (κ3) is 2.65. The van der Waals surface area contributed by atoms with E-state index in [0.29, 0.717) is 12.3 Å². The van der Waals surface area contributed by atoms with Crippen LogP contribution in [-0.2, 0) is 4.74 Å². The highest BCUT2D eigenvalue weighted by atomic mass is 16.6. The number of para-hydroxylation sites is 1. The number of nitro benzene ring substituents is 1. The zero-order valence-electron chi connectivity index (χ0n) is 9.39. The summed E-state index contributed by atoms with van der Waals surface area (Å²) in [5.74, 6) is 0. The number of rotatable bonds is 3. The number of nitro groups is 1. The first-order valence-corrected chi connectivity index (χ1v) is 5.55. The highest BCUT2D eigenvalue weighted by molar-refractivity contribution is 5.74. The molecular formula is C11H15N3O3. The lowest BCUT2D eigenvalue weighted by Crippen LogP contribution is -2.30. The Hall–Kier alpha value is -1.82. The van der Waals surface area contributed by atoms with Gasteiger partial charge in [0, 0.05) is 12.6 Å². The largest absolute Gasteiger partial charge is 0.393 e. The number of hydrogen-bond donors (Lipinski definition) is 2. The molecule has 2 rings (SSSR count). The molecule has 3 N–H and O–H groups in total. The van der Waals surface area contributed by atoms with Crippen molar-refractivity contribution in [3.8, 4) is 0 Å². The molecule has 1 aliphatic heterocycles. The minimum absolute atomic E-state index is 0.0573. The molecular weight excluding hydrogens is 222 g/mol. The van der Waals surface area contributed by atoms with Gasteiger partial charge in [-0.25, -0.2) is 0 Å². The minimum atomic E-state index is -0.457. The maximum atomic E-state index is 10.9. The van der Waals surface area contributed by atoms with Gasteiger partial charge in [-0.3, -0.25) is 10.1 Å². The third-order valence-electron chi connectivity index (χ3n) is 2.77. The van der Waals surface area contributed by atoms with E-state index in [-0.39, 0.29) is 17.4 Å². The van der Waals surface area contributed by atoms with Crippen molar-refractivity contribution in [3.05, 3.63) is 28.3 Å². The lowest BCUT2D eigenvalue weighted by molar-refractivity contribution is -0.383. The Morgan fingerprint density at radius 3 is 3.00 bits per heavy atom. The van der Waals surface area contributed by atoms with Gasteiger partial charge in [0.15, 0.2) is 0 Å². The van der Waals surface area contributed by atoms with Crippen LogP contribution in [0.1, 0.15) is 12.8 Å². The summed E-state index contributed by atoms with van der Waals surface area (Å²) in [6, 6.07) is 5.02. The third-order valence-corrected chi connectivity index (χ3v) is 2.77. The van der Waals surface area contributed by atoms with E-state index < -0.39 is 4.92 Å². The lowest BCUT2D eigenvalue weighted by atomic mass is 10.1. The van der Waals surface area contributed by atoms with Gasteiger partial charge in [-0.1, -0.05) is 6.07 Å². The number of nitrogens with zero attached hydrogens (tertiary/aromatic N) is 1. The van der Waals surface area contributed by atoms with Crippen LogP contribution in [0.3, 0.4) is 0 Å². The van der Waals surface area contributed by atoms with E-state index in [1.54, 1.807) is 12.1 Å². The minimum Gasteiger partial charge on any atom is -0.393 e. The van der Waals surface area contributed by atoms with Gasteiger partial charge in [-0.15, -0.1) is 0 Å². The molecule has 1 fully saturated rings. The first-order chi connectivity index (χ1) is 8.18. The van der Waals surface area contributed by atoms with Crippen molar-refractivity contribution in [2.45, 2.75) is 18.9 Å². The molecule has 1 atom stereocenters. The Balaban J connectivity index is 2.19. The van der Waals surface area contributed by atoms with Gasteiger partial charge >= 0.3 is 5.69 Å². The van der Waals surface area contributed by atoms with Gasteiger partial charge in [0.2, 0.25) is 0 Å². The molecule has 0 radical (unpaired) electrons. The fourth-order valence-corrected chi connectivity index (χ4v) is 1.96. The van der Waals surface area contributed by atoms with E-state index in [1.807, 2.05) is 0 Å². The molecule has 0 saturated carbocycles. The van der Waals surface area contributed by atoms with Crippen LogP contribution in [0, 0.1) is 10.1 Å². The average Bonchev–Trinajstić information content (AvgIpc) is 2.30. The number of ether oxygens (including phenoxy) is 1. The first-order valence-electron chi connectivity index (χ1n) is 5.55. The van der Waals surface area contributed by atoms with Crippen LogP contribution in [0.25, 0.3) is 0 Å². The maximum Gasteiger partial charge on any atom is 0.314 e. The number of nitrogens with one attached hydrogen (secondary N) is 1. The van der Waals surface area contributed by atoms with Gasteiger partial charge in [0.05, 0.1) is 11.5 Å². The summed E-state index contributed by atoms with van der Waals surface area (Å²) in [6.45, 7) is 1.34. The van der Waals surface area contributed by atoms with Gasteiger partial charge < -0.3 is 15.8 Å². The van der Waals surface area contributed by atoms with Crippen molar-refractivity contribution in [2.75, 3.05) is 24.3 Å². The second kappa shape index (κ2) is 5.01. The van der Waals surface area contributed by atoms with Gasteiger partial charge in [-0.05, 0) is 25.0 Å². The predicted molar refractivity (Wildman–Crippen MR) is 65.0 cm³/mol. The smallest absolute Gasteiger partial charge is 0.314 e. The Morgan fingerprint density at radius 2 is 2.35 bits per heavy atom. The summed E-state index contributed by atoms with van der Waals surface area (Å²) in [5, 5.41) is 14.1. The SMILES string of the molecule is Nc1cccc(NC2CCCOC2)c1[N+](=O)[O-]. The Bertz CT molecular complexity index is 416. The zero-order chi connectivity index (χ0) is 12.3. The van der Waals surface area contributed by atoms with Crippen LogP contribution < -0.4 is 11.1 Å². The fourth-order valence-electron chi connectivity index (χ4n) is 1.96. The van der Waals surface area contributed by atoms with Crippen LogP contribution in [0.15, 0.2) is 18.2 Å². The van der Waals surface area contributed by atoms with E-state index in [0.717, 1.165) is 19.4 Å². The molecule has 0 bridgehead atoms. The Kier molecular flexibility index (Phi) is 3.43. The first kappa shape index (κ1) is 11.7. The second-order valence-corrected chi connectivity index (χ2v) is 4.06. The van der Waals surface area contributed by atoms with E-state index in [4.69, 9.17) is 10.5 Å². The van der Waals surface area contributed by atoms with Crippen LogP contribution >= 0.6 is 0 Å². The second-order valence-electron chi connectivity index (χ2n) is 4.06. The van der Waals surface area contributed by atoms with Crippen molar-refractivity contribution in [3.63, 3.8) is 0 Å². The molecule has 0 amide bonds. The summed E-state index contributed by atoms with van der Waals surface area (Å²) in [7, 11) is 0. The number of nitrogen functional groups attached to an aromatic ring is 1. The Labute approximate surface area is 98.9 Å². The van der Waals surface area contributed by atoms with E-state index in [2.05, 4.69) is 5.32 Å². The number of anilines is 2. The summed E-state index contributed by atoms with van der Waals surface area (Å²) in [4.78, 5) is 10.5. The molecule has 1 heterocycles. The number of benzene rings is 1. The molecule has 6 heteroatoms. The number of hydrogen-bond acceptors (Lipinski definition) is 5. The van der Waals surface area contributed by atoms with E-state index >= 15 is 0 Å². The van der Waals surface area contributed by atoms with Crippen molar-refractivity contribution in [2.24, 2.45) is 0 Å². The highest BCUT2D eigenvalue weighted by Crippen LogP contribution is 2.31. The van der Waals surface area contributed by atoms with Gasteiger partial charge in [-0.2, -0.15) is 0 Å².